The van der Waals surface area contributed by atoms with Crippen LogP contribution in [0.15, 0.2) is 16.9 Å². The molecule has 0 aliphatic carbocycles. The van der Waals surface area contributed by atoms with Crippen molar-refractivity contribution in [3.05, 3.63) is 16.9 Å². The number of amides is 3. The van der Waals surface area contributed by atoms with E-state index in [0.717, 1.165) is 22.2 Å². The van der Waals surface area contributed by atoms with Gasteiger partial charge in [-0.2, -0.15) is 0 Å². The van der Waals surface area contributed by atoms with Gasteiger partial charge in [-0.3, -0.25) is 19.3 Å². The summed E-state index contributed by atoms with van der Waals surface area (Å²) in [5.74, 6) is -0.534. The van der Waals surface area contributed by atoms with Gasteiger partial charge in [-0.05, 0) is 28.8 Å². The molecular formula is C16H19BrN4O4. The van der Waals surface area contributed by atoms with Crippen LogP contribution in [0.3, 0.4) is 0 Å². The summed E-state index contributed by atoms with van der Waals surface area (Å²) in [5.41, 5.74) is 0. The number of hydrogen-bond acceptors (Lipinski definition) is 6. The van der Waals surface area contributed by atoms with Crippen molar-refractivity contribution in [2.75, 3.05) is 26.2 Å². The van der Waals surface area contributed by atoms with Gasteiger partial charge in [-0.25, -0.2) is 9.97 Å². The molecule has 8 nitrogen and oxygen atoms in total. The molecule has 0 bridgehead atoms. The summed E-state index contributed by atoms with van der Waals surface area (Å²) in [6, 6.07) is 0.305. The van der Waals surface area contributed by atoms with Gasteiger partial charge in [0, 0.05) is 44.2 Å². The van der Waals surface area contributed by atoms with Crippen LogP contribution in [-0.4, -0.2) is 63.7 Å². The van der Waals surface area contributed by atoms with Crippen LogP contribution < -0.4 is 4.74 Å². The van der Waals surface area contributed by atoms with E-state index in [1.165, 1.54) is 0 Å². The molecule has 0 radical (unpaired) electrons. The average molecular weight is 411 g/mol. The number of aromatic nitrogens is 2. The minimum Gasteiger partial charge on any atom is -0.463 e. The molecule has 25 heavy (non-hydrogen) atoms. The van der Waals surface area contributed by atoms with Crippen LogP contribution in [-0.2, 0) is 14.4 Å². The fourth-order valence-corrected chi connectivity index (χ4v) is 3.23. The third kappa shape index (κ3) is 4.53. The molecule has 1 aromatic heterocycles. The third-order valence-corrected chi connectivity index (χ3v) is 4.77. The van der Waals surface area contributed by atoms with Crippen molar-refractivity contribution in [1.29, 1.82) is 0 Å². The fourth-order valence-electron chi connectivity index (χ4n) is 3.03. The van der Waals surface area contributed by atoms with E-state index in [-0.39, 0.29) is 43.0 Å². The normalized spacial score (nSPS) is 20.9. The molecule has 3 heterocycles. The van der Waals surface area contributed by atoms with Crippen molar-refractivity contribution in [1.82, 2.24) is 19.8 Å². The number of halogens is 1. The lowest BCUT2D eigenvalue weighted by atomic mass is 9.99. The fraction of sp³-hybridized carbons (Fsp3) is 0.562. The SMILES string of the molecule is O=C(CN1C(=O)CCC1=O)N1CCCC(COc2ncc(Br)cn2)C1. The van der Waals surface area contributed by atoms with Gasteiger partial charge in [0.1, 0.15) is 6.54 Å². The Morgan fingerprint density at radius 1 is 1.24 bits per heavy atom. The number of hydrogen-bond donors (Lipinski definition) is 0. The standard InChI is InChI=1S/C16H19BrN4O4/c17-12-6-18-16(19-7-12)25-10-11-2-1-5-20(8-11)15(24)9-21-13(22)3-4-14(21)23/h6-7,11H,1-5,8-10H2. The number of carbonyl (C=O) groups excluding carboxylic acids is 3. The van der Waals surface area contributed by atoms with Crippen LogP contribution in [0, 0.1) is 5.92 Å². The molecule has 0 spiro atoms. The summed E-state index contributed by atoms with van der Waals surface area (Å²) < 4.78 is 6.37. The minimum absolute atomic E-state index is 0.152. The maximum Gasteiger partial charge on any atom is 0.316 e. The summed E-state index contributed by atoms with van der Waals surface area (Å²) in [5, 5.41) is 0. The number of carbonyl (C=O) groups is 3. The number of ether oxygens (including phenoxy) is 1. The van der Waals surface area contributed by atoms with Gasteiger partial charge in [-0.15, -0.1) is 0 Å². The lowest BCUT2D eigenvalue weighted by Gasteiger charge is -2.33. The van der Waals surface area contributed by atoms with Crippen molar-refractivity contribution in [3.8, 4) is 6.01 Å². The molecule has 1 atom stereocenters. The first-order valence-corrected chi connectivity index (χ1v) is 9.03. The first-order chi connectivity index (χ1) is 12.0. The number of imide groups is 1. The first-order valence-electron chi connectivity index (χ1n) is 8.24. The second-order valence-electron chi connectivity index (χ2n) is 6.22. The molecule has 0 N–H and O–H groups in total. The van der Waals surface area contributed by atoms with E-state index in [0.29, 0.717) is 25.7 Å². The van der Waals surface area contributed by atoms with Crippen LogP contribution >= 0.6 is 15.9 Å². The van der Waals surface area contributed by atoms with Crippen molar-refractivity contribution in [2.45, 2.75) is 25.7 Å². The lowest BCUT2D eigenvalue weighted by molar-refractivity contribution is -0.146. The van der Waals surface area contributed by atoms with Crippen molar-refractivity contribution in [3.63, 3.8) is 0 Å². The Hall–Kier alpha value is -2.03. The number of piperidine rings is 1. The topological polar surface area (TPSA) is 92.7 Å². The number of rotatable bonds is 5. The molecule has 0 saturated carbocycles. The van der Waals surface area contributed by atoms with Crippen LogP contribution in [0.25, 0.3) is 0 Å². The first kappa shape index (κ1) is 17.8. The van der Waals surface area contributed by atoms with Crippen molar-refractivity contribution in [2.24, 2.45) is 5.92 Å². The smallest absolute Gasteiger partial charge is 0.316 e. The monoisotopic (exact) mass is 410 g/mol. The van der Waals surface area contributed by atoms with Gasteiger partial charge in [0.25, 0.3) is 0 Å². The molecule has 3 rings (SSSR count). The van der Waals surface area contributed by atoms with E-state index >= 15 is 0 Å². The largest absolute Gasteiger partial charge is 0.463 e. The molecule has 0 aromatic carbocycles. The Morgan fingerprint density at radius 3 is 2.60 bits per heavy atom. The van der Waals surface area contributed by atoms with E-state index in [1.807, 2.05) is 0 Å². The highest BCUT2D eigenvalue weighted by atomic mass is 79.9. The molecule has 134 valence electrons. The molecular weight excluding hydrogens is 392 g/mol. The predicted octanol–water partition coefficient (Wildman–Crippen LogP) is 1.01. The molecule has 1 unspecified atom stereocenters. The summed E-state index contributed by atoms with van der Waals surface area (Å²) in [6.07, 6.45) is 5.45. The second-order valence-corrected chi connectivity index (χ2v) is 7.13. The van der Waals surface area contributed by atoms with E-state index in [2.05, 4.69) is 25.9 Å². The van der Waals surface area contributed by atoms with E-state index in [4.69, 9.17) is 4.74 Å². The van der Waals surface area contributed by atoms with Gasteiger partial charge in [0.15, 0.2) is 0 Å². The quantitative estimate of drug-likeness (QED) is 0.672. The maximum absolute atomic E-state index is 12.4. The second kappa shape index (κ2) is 7.90. The molecule has 3 amide bonds. The Labute approximate surface area is 153 Å². The minimum atomic E-state index is -0.261. The lowest BCUT2D eigenvalue weighted by Crippen LogP contribution is -2.47. The Morgan fingerprint density at radius 2 is 1.92 bits per heavy atom. The highest BCUT2D eigenvalue weighted by molar-refractivity contribution is 9.10. The summed E-state index contributed by atoms with van der Waals surface area (Å²) in [7, 11) is 0. The van der Waals surface area contributed by atoms with E-state index in [9.17, 15) is 14.4 Å². The maximum atomic E-state index is 12.4. The van der Waals surface area contributed by atoms with E-state index < -0.39 is 0 Å². The molecule has 2 aliphatic rings. The van der Waals surface area contributed by atoms with Gasteiger partial charge in [0.2, 0.25) is 17.7 Å². The molecule has 2 aliphatic heterocycles. The van der Waals surface area contributed by atoms with Crippen molar-refractivity contribution < 1.29 is 19.1 Å². The molecule has 9 heteroatoms. The Balaban J connectivity index is 1.50. The van der Waals surface area contributed by atoms with E-state index in [1.54, 1.807) is 17.3 Å². The average Bonchev–Trinajstić information content (AvgIpc) is 2.93. The van der Waals surface area contributed by atoms with Crippen LogP contribution in [0.4, 0.5) is 0 Å². The predicted molar refractivity (Wildman–Crippen MR) is 90.5 cm³/mol. The summed E-state index contributed by atoms with van der Waals surface area (Å²) in [4.78, 5) is 46.6. The highest BCUT2D eigenvalue weighted by Gasteiger charge is 2.33. The van der Waals surface area contributed by atoms with Gasteiger partial charge < -0.3 is 9.64 Å². The van der Waals surface area contributed by atoms with Gasteiger partial charge >= 0.3 is 6.01 Å². The molecule has 2 saturated heterocycles. The highest BCUT2D eigenvalue weighted by Crippen LogP contribution is 2.19. The van der Waals surface area contributed by atoms with Crippen LogP contribution in [0.2, 0.25) is 0 Å². The number of likely N-dealkylation sites (tertiary alicyclic amines) is 2. The third-order valence-electron chi connectivity index (χ3n) is 4.36. The molecule has 1 aromatic rings. The zero-order valence-electron chi connectivity index (χ0n) is 13.7. The summed E-state index contributed by atoms with van der Waals surface area (Å²) >= 11 is 3.26. The van der Waals surface area contributed by atoms with Gasteiger partial charge in [-0.1, -0.05) is 0 Å². The Kier molecular flexibility index (Phi) is 5.62. The van der Waals surface area contributed by atoms with Crippen molar-refractivity contribution >= 4 is 33.7 Å². The zero-order chi connectivity index (χ0) is 17.8. The summed E-state index contributed by atoms with van der Waals surface area (Å²) in [6.45, 7) is 1.46. The Bertz CT molecular complexity index is 651. The zero-order valence-corrected chi connectivity index (χ0v) is 15.3. The van der Waals surface area contributed by atoms with Crippen LogP contribution in [0.1, 0.15) is 25.7 Å². The number of nitrogens with zero attached hydrogens (tertiary/aromatic N) is 4. The van der Waals surface area contributed by atoms with Gasteiger partial charge in [0.05, 0.1) is 11.1 Å². The molecule has 2 fully saturated rings. The van der Waals surface area contributed by atoms with Crippen LogP contribution in [0.5, 0.6) is 6.01 Å².